The molecule has 0 aliphatic heterocycles. The third-order valence-corrected chi connectivity index (χ3v) is 2.70. The lowest BCUT2D eigenvalue weighted by Crippen LogP contribution is -1.82. The molecule has 0 amide bonds. The Bertz CT molecular complexity index is 238. The fourth-order valence-electron chi connectivity index (χ4n) is 0.915. The predicted molar refractivity (Wildman–Crippen MR) is 45.4 cm³/mol. The predicted octanol–water partition coefficient (Wildman–Crippen LogP) is 1.57. The Morgan fingerprint density at radius 2 is 2.18 bits per heavy atom. The van der Waals surface area contributed by atoms with Crippen LogP contribution in [0.5, 0.6) is 0 Å². The van der Waals surface area contributed by atoms with Gasteiger partial charge in [0.15, 0.2) is 5.82 Å². The van der Waals surface area contributed by atoms with Crippen molar-refractivity contribution in [3.8, 4) is 0 Å². The van der Waals surface area contributed by atoms with Crippen molar-refractivity contribution in [2.24, 2.45) is 0 Å². The lowest BCUT2D eigenvalue weighted by Gasteiger charge is -1.97. The van der Waals surface area contributed by atoms with Gasteiger partial charge in [-0.05, 0) is 25.4 Å². The maximum absolute atomic E-state index is 5.10. The molecule has 2 rings (SSSR count). The van der Waals surface area contributed by atoms with Gasteiger partial charge in [-0.1, -0.05) is 5.16 Å². The van der Waals surface area contributed by atoms with Gasteiger partial charge in [-0.3, -0.25) is 0 Å². The quantitative estimate of drug-likeness (QED) is 0.688. The second-order valence-electron chi connectivity index (χ2n) is 3.10. The molecule has 1 aliphatic carbocycles. The summed E-state index contributed by atoms with van der Waals surface area (Å²) >= 11 is 0. The highest BCUT2D eigenvalue weighted by Gasteiger charge is 2.28. The van der Waals surface area contributed by atoms with Crippen molar-refractivity contribution >= 4 is 10.9 Å². The maximum atomic E-state index is 5.10. The Morgan fingerprint density at radius 3 is 2.64 bits per heavy atom. The van der Waals surface area contributed by atoms with E-state index >= 15 is 0 Å². The van der Waals surface area contributed by atoms with E-state index < -0.39 is 0 Å². The molecule has 0 bridgehead atoms. The SMILES string of the molecule is C[SH](C)c1nc(C2CC2)no1. The van der Waals surface area contributed by atoms with E-state index in [-0.39, 0.29) is 10.9 Å². The molecule has 1 fully saturated rings. The minimum Gasteiger partial charge on any atom is -0.329 e. The molecule has 0 spiro atoms. The number of hydrogen-bond acceptors (Lipinski definition) is 3. The average molecular weight is 172 g/mol. The van der Waals surface area contributed by atoms with Crippen LogP contribution in [0.4, 0.5) is 0 Å². The monoisotopic (exact) mass is 172 g/mol. The van der Waals surface area contributed by atoms with Gasteiger partial charge in [0.05, 0.1) is 0 Å². The standard InChI is InChI=1S/C7H12N2OS/c1-11(2)7-8-6(9-10-7)5-3-4-5/h5,11H,3-4H2,1-2H3. The van der Waals surface area contributed by atoms with Crippen molar-refractivity contribution in [2.75, 3.05) is 12.5 Å². The molecule has 0 radical (unpaired) electrons. The zero-order valence-corrected chi connectivity index (χ0v) is 7.64. The van der Waals surface area contributed by atoms with Crippen LogP contribution in [0.3, 0.4) is 0 Å². The van der Waals surface area contributed by atoms with E-state index in [0.29, 0.717) is 5.92 Å². The highest BCUT2D eigenvalue weighted by atomic mass is 32.2. The molecule has 0 atom stereocenters. The van der Waals surface area contributed by atoms with E-state index in [1.807, 2.05) is 0 Å². The van der Waals surface area contributed by atoms with E-state index in [1.54, 1.807) is 0 Å². The number of rotatable bonds is 2. The molecule has 62 valence electrons. The molecular weight excluding hydrogens is 160 g/mol. The zero-order chi connectivity index (χ0) is 7.84. The van der Waals surface area contributed by atoms with Crippen molar-refractivity contribution in [3.63, 3.8) is 0 Å². The van der Waals surface area contributed by atoms with Crippen LogP contribution < -0.4 is 0 Å². The Labute approximate surface area is 68.5 Å². The summed E-state index contributed by atoms with van der Waals surface area (Å²) < 4.78 is 5.10. The summed E-state index contributed by atoms with van der Waals surface area (Å²) in [6, 6.07) is 0. The Hall–Kier alpha value is -0.510. The van der Waals surface area contributed by atoms with E-state index in [1.165, 1.54) is 12.8 Å². The molecule has 1 aromatic rings. The number of nitrogens with zero attached hydrogens (tertiary/aromatic N) is 2. The first-order valence-corrected chi connectivity index (χ1v) is 6.02. The van der Waals surface area contributed by atoms with Crippen LogP contribution in [0.15, 0.2) is 9.75 Å². The van der Waals surface area contributed by atoms with Gasteiger partial charge in [0.2, 0.25) is 0 Å². The van der Waals surface area contributed by atoms with Crippen molar-refractivity contribution in [3.05, 3.63) is 5.82 Å². The van der Waals surface area contributed by atoms with Crippen LogP contribution in [0, 0.1) is 0 Å². The van der Waals surface area contributed by atoms with E-state index in [4.69, 9.17) is 4.52 Å². The average Bonchev–Trinajstić information content (AvgIpc) is 2.68. The van der Waals surface area contributed by atoms with E-state index in [2.05, 4.69) is 22.7 Å². The fourth-order valence-corrected chi connectivity index (χ4v) is 1.42. The maximum Gasteiger partial charge on any atom is 0.265 e. The summed E-state index contributed by atoms with van der Waals surface area (Å²) in [5.41, 5.74) is 0. The fraction of sp³-hybridized carbons (Fsp3) is 0.714. The topological polar surface area (TPSA) is 38.9 Å². The van der Waals surface area contributed by atoms with Gasteiger partial charge in [0, 0.05) is 5.92 Å². The molecule has 1 aliphatic rings. The summed E-state index contributed by atoms with van der Waals surface area (Å²) in [6.07, 6.45) is 6.73. The van der Waals surface area contributed by atoms with Crippen LogP contribution >= 0.6 is 10.9 Å². The summed E-state index contributed by atoms with van der Waals surface area (Å²) in [5, 5.41) is 4.76. The number of aromatic nitrogens is 2. The van der Waals surface area contributed by atoms with Crippen LogP contribution in [0.25, 0.3) is 0 Å². The summed E-state index contributed by atoms with van der Waals surface area (Å²) in [6.45, 7) is 0. The molecule has 1 heterocycles. The lowest BCUT2D eigenvalue weighted by molar-refractivity contribution is 0.336. The molecule has 1 aromatic heterocycles. The van der Waals surface area contributed by atoms with Crippen LogP contribution in [-0.4, -0.2) is 22.7 Å². The minimum absolute atomic E-state index is 0.212. The van der Waals surface area contributed by atoms with E-state index in [0.717, 1.165) is 11.0 Å². The van der Waals surface area contributed by atoms with Gasteiger partial charge in [0.25, 0.3) is 5.22 Å². The first kappa shape index (κ1) is 7.16. The van der Waals surface area contributed by atoms with Gasteiger partial charge in [-0.25, -0.2) is 0 Å². The van der Waals surface area contributed by atoms with Crippen LogP contribution in [0.2, 0.25) is 0 Å². The third-order valence-electron chi connectivity index (χ3n) is 1.76. The Balaban J connectivity index is 2.18. The second kappa shape index (κ2) is 2.52. The van der Waals surface area contributed by atoms with Gasteiger partial charge in [-0.2, -0.15) is 15.9 Å². The number of thiol groups is 1. The molecule has 11 heavy (non-hydrogen) atoms. The molecule has 0 N–H and O–H groups in total. The van der Waals surface area contributed by atoms with Gasteiger partial charge < -0.3 is 4.52 Å². The second-order valence-corrected chi connectivity index (χ2v) is 5.28. The molecule has 1 saturated carbocycles. The molecule has 0 saturated heterocycles. The summed E-state index contributed by atoms with van der Waals surface area (Å²) in [7, 11) is -0.212. The van der Waals surface area contributed by atoms with Gasteiger partial charge >= 0.3 is 0 Å². The number of hydrogen-bond donors (Lipinski definition) is 1. The normalized spacial score (nSPS) is 18.5. The summed E-state index contributed by atoms with van der Waals surface area (Å²) in [4.78, 5) is 4.32. The van der Waals surface area contributed by atoms with Gasteiger partial charge in [-0.15, -0.1) is 0 Å². The zero-order valence-electron chi connectivity index (χ0n) is 6.74. The largest absolute Gasteiger partial charge is 0.329 e. The highest BCUT2D eigenvalue weighted by molar-refractivity contribution is 8.15. The van der Waals surface area contributed by atoms with Crippen molar-refractivity contribution < 1.29 is 4.52 Å². The third kappa shape index (κ3) is 1.40. The molecule has 0 aromatic carbocycles. The van der Waals surface area contributed by atoms with Crippen LogP contribution in [-0.2, 0) is 0 Å². The van der Waals surface area contributed by atoms with Crippen molar-refractivity contribution in [1.82, 2.24) is 10.1 Å². The van der Waals surface area contributed by atoms with Gasteiger partial charge in [0.1, 0.15) is 0 Å². The molecule has 0 unspecified atom stereocenters. The Kier molecular flexibility index (Phi) is 1.64. The van der Waals surface area contributed by atoms with E-state index in [9.17, 15) is 0 Å². The first-order valence-electron chi connectivity index (χ1n) is 3.78. The minimum atomic E-state index is -0.212. The molecular formula is C7H12N2OS. The highest BCUT2D eigenvalue weighted by Crippen LogP contribution is 2.39. The lowest BCUT2D eigenvalue weighted by atomic mass is 10.4. The molecule has 4 heteroatoms. The van der Waals surface area contributed by atoms with Crippen LogP contribution in [0.1, 0.15) is 24.6 Å². The summed E-state index contributed by atoms with van der Waals surface area (Å²) in [5.74, 6) is 1.54. The Morgan fingerprint density at radius 1 is 1.45 bits per heavy atom. The smallest absolute Gasteiger partial charge is 0.265 e. The van der Waals surface area contributed by atoms with Crippen molar-refractivity contribution in [2.45, 2.75) is 24.0 Å². The van der Waals surface area contributed by atoms with Crippen molar-refractivity contribution in [1.29, 1.82) is 0 Å². The first-order chi connectivity index (χ1) is 5.27. The molecule has 3 nitrogen and oxygen atoms in total.